The van der Waals surface area contributed by atoms with Crippen molar-refractivity contribution in [2.45, 2.75) is 45.7 Å². The molecule has 194 valence electrons. The molecule has 1 saturated heterocycles. The molecule has 0 spiro atoms. The van der Waals surface area contributed by atoms with Crippen molar-refractivity contribution in [1.29, 1.82) is 0 Å². The van der Waals surface area contributed by atoms with Crippen molar-refractivity contribution in [3.8, 4) is 22.4 Å². The van der Waals surface area contributed by atoms with Crippen molar-refractivity contribution in [3.63, 3.8) is 0 Å². The molecule has 0 bridgehead atoms. The third-order valence-electron chi connectivity index (χ3n) is 6.61. The molecular formula is C28H33N5O4. The Bertz CT molecular complexity index is 1250. The monoisotopic (exact) mass is 503 g/mol. The summed E-state index contributed by atoms with van der Waals surface area (Å²) in [4.78, 5) is 47.1. The summed E-state index contributed by atoms with van der Waals surface area (Å²) in [5, 5.41) is 5.54. The van der Waals surface area contributed by atoms with E-state index >= 15 is 0 Å². The maximum Gasteiger partial charge on any atom is 0.407 e. The number of nitrogens with zero attached hydrogens (tertiary/aromatic N) is 2. The largest absolute Gasteiger partial charge is 0.453 e. The van der Waals surface area contributed by atoms with Crippen LogP contribution in [0.4, 0.5) is 10.5 Å². The number of imidazole rings is 1. The highest BCUT2D eigenvalue weighted by Gasteiger charge is 2.38. The van der Waals surface area contributed by atoms with Gasteiger partial charge in [-0.3, -0.25) is 9.59 Å². The summed E-state index contributed by atoms with van der Waals surface area (Å²) >= 11 is 0. The molecule has 0 aliphatic carbocycles. The van der Waals surface area contributed by atoms with Gasteiger partial charge in [0.1, 0.15) is 17.9 Å². The normalized spacial score (nSPS) is 15.9. The molecule has 0 radical (unpaired) electrons. The molecule has 2 aromatic carbocycles. The second kappa shape index (κ2) is 11.3. The lowest BCUT2D eigenvalue weighted by Gasteiger charge is -2.30. The summed E-state index contributed by atoms with van der Waals surface area (Å²) in [6.45, 7) is 6.08. The van der Waals surface area contributed by atoms with Gasteiger partial charge in [-0.2, -0.15) is 0 Å². The number of carbonyl (C=O) groups is 3. The number of rotatable bonds is 7. The number of likely N-dealkylation sites (tertiary alicyclic amines) is 1. The van der Waals surface area contributed by atoms with E-state index in [4.69, 9.17) is 0 Å². The van der Waals surface area contributed by atoms with E-state index in [1.807, 2.05) is 63.4 Å². The van der Waals surface area contributed by atoms with Crippen LogP contribution in [0.2, 0.25) is 0 Å². The first-order valence-corrected chi connectivity index (χ1v) is 12.4. The Labute approximate surface area is 216 Å². The second-order valence-corrected chi connectivity index (χ2v) is 9.57. The molecule has 3 N–H and O–H groups in total. The van der Waals surface area contributed by atoms with Gasteiger partial charge in [-0.25, -0.2) is 9.78 Å². The number of carbonyl (C=O) groups excluding carboxylic acids is 3. The van der Waals surface area contributed by atoms with Crippen molar-refractivity contribution in [2.24, 2.45) is 5.92 Å². The highest BCUT2D eigenvalue weighted by molar-refractivity contribution is 5.98. The van der Waals surface area contributed by atoms with E-state index in [1.54, 1.807) is 4.90 Å². The minimum absolute atomic E-state index is 0.152. The molecule has 4 rings (SSSR count). The Morgan fingerprint density at radius 1 is 1.03 bits per heavy atom. The molecular weight excluding hydrogens is 470 g/mol. The average Bonchev–Trinajstić information content (AvgIpc) is 3.56. The molecule has 1 aliphatic rings. The van der Waals surface area contributed by atoms with E-state index in [1.165, 1.54) is 7.11 Å². The van der Waals surface area contributed by atoms with Gasteiger partial charge >= 0.3 is 6.09 Å². The number of ether oxygens (including phenoxy) is 1. The number of amides is 3. The molecule has 3 aromatic rings. The lowest BCUT2D eigenvalue weighted by atomic mass is 10.0. The summed E-state index contributed by atoms with van der Waals surface area (Å²) in [5.74, 6) is 0.209. The number of aromatic nitrogens is 2. The van der Waals surface area contributed by atoms with Gasteiger partial charge in [0, 0.05) is 12.2 Å². The van der Waals surface area contributed by atoms with E-state index in [0.717, 1.165) is 34.6 Å². The predicted molar refractivity (Wildman–Crippen MR) is 142 cm³/mol. The van der Waals surface area contributed by atoms with Crippen molar-refractivity contribution in [1.82, 2.24) is 20.2 Å². The Hall–Kier alpha value is -4.14. The first kappa shape index (κ1) is 25.9. The predicted octanol–water partition coefficient (Wildman–Crippen LogP) is 4.36. The van der Waals surface area contributed by atoms with E-state index in [2.05, 4.69) is 37.5 Å². The van der Waals surface area contributed by atoms with Gasteiger partial charge in [0.15, 0.2) is 0 Å². The number of alkyl carbamates (subject to hydrolysis) is 1. The number of hydrogen-bond donors (Lipinski definition) is 3. The van der Waals surface area contributed by atoms with Crippen molar-refractivity contribution >= 4 is 23.6 Å². The van der Waals surface area contributed by atoms with Crippen LogP contribution in [0.3, 0.4) is 0 Å². The van der Waals surface area contributed by atoms with Gasteiger partial charge in [-0.15, -0.1) is 0 Å². The number of H-pyrrole nitrogens is 1. The smallest absolute Gasteiger partial charge is 0.407 e. The second-order valence-electron chi connectivity index (χ2n) is 9.57. The van der Waals surface area contributed by atoms with Crippen LogP contribution in [-0.2, 0) is 14.3 Å². The number of anilines is 1. The summed E-state index contributed by atoms with van der Waals surface area (Å²) < 4.78 is 4.66. The molecule has 0 unspecified atom stereocenters. The minimum Gasteiger partial charge on any atom is -0.453 e. The fourth-order valence-corrected chi connectivity index (χ4v) is 4.56. The quantitative estimate of drug-likeness (QED) is 0.443. The van der Waals surface area contributed by atoms with Crippen LogP contribution in [0, 0.1) is 12.8 Å². The van der Waals surface area contributed by atoms with E-state index in [-0.39, 0.29) is 17.7 Å². The fourth-order valence-electron chi connectivity index (χ4n) is 4.56. The van der Waals surface area contributed by atoms with Gasteiger partial charge in [-0.1, -0.05) is 50.2 Å². The lowest BCUT2D eigenvalue weighted by molar-refractivity contribution is -0.139. The van der Waals surface area contributed by atoms with Crippen LogP contribution < -0.4 is 10.6 Å². The van der Waals surface area contributed by atoms with Gasteiger partial charge in [0.2, 0.25) is 11.8 Å². The standard InChI is InChI=1S/C28H33N5O4/c1-17(2)25(32-28(36)37-4)27(35)33-15-5-6-24(33)26(34)31-22-13-11-20(12-14-22)19-7-9-21(10-8-19)23-16-29-18(3)30-23/h7-14,16-17,24-25H,5-6,15H2,1-4H3,(H,29,30)(H,31,34)(H,32,36)/t24-,25-/m0/s1. The molecule has 1 fully saturated rings. The first-order chi connectivity index (χ1) is 17.8. The third kappa shape index (κ3) is 5.99. The van der Waals surface area contributed by atoms with Crippen molar-refractivity contribution in [2.75, 3.05) is 19.0 Å². The van der Waals surface area contributed by atoms with Crippen molar-refractivity contribution in [3.05, 3.63) is 60.6 Å². The Morgan fingerprint density at radius 2 is 1.65 bits per heavy atom. The molecule has 2 heterocycles. The lowest BCUT2D eigenvalue weighted by Crippen LogP contribution is -2.54. The van der Waals surface area contributed by atoms with E-state index in [9.17, 15) is 14.4 Å². The summed E-state index contributed by atoms with van der Waals surface area (Å²) in [5.41, 5.74) is 4.78. The third-order valence-corrected chi connectivity index (χ3v) is 6.61. The fraction of sp³-hybridized carbons (Fsp3) is 0.357. The van der Waals surface area contributed by atoms with Crippen LogP contribution in [0.1, 0.15) is 32.5 Å². The number of methoxy groups -OCH3 is 1. The zero-order chi connectivity index (χ0) is 26.5. The van der Waals surface area contributed by atoms with E-state index in [0.29, 0.717) is 18.7 Å². The first-order valence-electron chi connectivity index (χ1n) is 12.4. The maximum absolute atomic E-state index is 13.2. The molecule has 37 heavy (non-hydrogen) atoms. The highest BCUT2D eigenvalue weighted by Crippen LogP contribution is 2.26. The topological polar surface area (TPSA) is 116 Å². The molecule has 0 saturated carbocycles. The minimum atomic E-state index is -0.760. The van der Waals surface area contributed by atoms with Crippen LogP contribution in [0.15, 0.2) is 54.7 Å². The Balaban J connectivity index is 1.40. The Morgan fingerprint density at radius 3 is 2.22 bits per heavy atom. The zero-order valence-electron chi connectivity index (χ0n) is 21.6. The van der Waals surface area contributed by atoms with Crippen LogP contribution in [-0.4, -0.2) is 58.5 Å². The zero-order valence-corrected chi connectivity index (χ0v) is 21.6. The van der Waals surface area contributed by atoms with E-state index < -0.39 is 18.2 Å². The molecule has 3 amide bonds. The summed E-state index contributed by atoms with van der Waals surface area (Å²) in [6.07, 6.45) is 2.44. The molecule has 1 aliphatic heterocycles. The van der Waals surface area contributed by atoms with Gasteiger partial charge < -0.3 is 25.3 Å². The van der Waals surface area contributed by atoms with Gasteiger partial charge in [-0.05, 0) is 54.5 Å². The number of nitrogens with one attached hydrogen (secondary N) is 3. The van der Waals surface area contributed by atoms with Crippen LogP contribution in [0.25, 0.3) is 22.4 Å². The molecule has 1 aromatic heterocycles. The number of aromatic amines is 1. The molecule has 9 nitrogen and oxygen atoms in total. The van der Waals surface area contributed by atoms with Gasteiger partial charge in [0.05, 0.1) is 19.0 Å². The molecule has 2 atom stereocenters. The summed E-state index contributed by atoms with van der Waals surface area (Å²) in [7, 11) is 1.26. The number of hydrogen-bond acceptors (Lipinski definition) is 5. The van der Waals surface area contributed by atoms with Crippen molar-refractivity contribution < 1.29 is 19.1 Å². The highest BCUT2D eigenvalue weighted by atomic mass is 16.5. The van der Waals surface area contributed by atoms with Crippen LogP contribution in [0.5, 0.6) is 0 Å². The number of aryl methyl sites for hydroxylation is 1. The van der Waals surface area contributed by atoms with Crippen LogP contribution >= 0.6 is 0 Å². The number of benzene rings is 2. The maximum atomic E-state index is 13.2. The molecule has 9 heteroatoms. The van der Waals surface area contributed by atoms with Gasteiger partial charge in [0.25, 0.3) is 0 Å². The average molecular weight is 504 g/mol. The Kier molecular flexibility index (Phi) is 7.91. The summed E-state index contributed by atoms with van der Waals surface area (Å²) in [6, 6.07) is 14.5. The SMILES string of the molecule is COC(=O)N[C@H](C(=O)N1CCC[C@H]1C(=O)Nc1ccc(-c2ccc(-c3cnc(C)[nH]3)cc2)cc1)C(C)C.